The molecule has 0 radical (unpaired) electrons. The molecule has 0 aliphatic rings. The molecule has 0 saturated carbocycles. The number of phenols is 1. The quantitative estimate of drug-likeness (QED) is 0.162. The Labute approximate surface area is 435 Å². The first-order valence-corrected chi connectivity index (χ1v) is 21.0. The predicted molar refractivity (Wildman–Crippen MR) is 273 cm³/mol. The van der Waals surface area contributed by atoms with Crippen molar-refractivity contribution in [1.29, 1.82) is 0 Å². The van der Waals surface area contributed by atoms with Gasteiger partial charge in [0.15, 0.2) is 0 Å². The summed E-state index contributed by atoms with van der Waals surface area (Å²) < 4.78 is 183. The Hall–Kier alpha value is -6.35. The smallest absolute Gasteiger partial charge is 0.148 e. The van der Waals surface area contributed by atoms with E-state index in [1.54, 1.807) is 54.7 Å². The monoisotopic (exact) mass is 1060 g/mol. The number of para-hydroxylation sites is 1. The molecule has 334 valence electrons. The van der Waals surface area contributed by atoms with Crippen molar-refractivity contribution in [2.24, 2.45) is 0 Å². The zero-order valence-electron chi connectivity index (χ0n) is 57.2. The first-order valence-electron chi connectivity index (χ1n) is 31.5. The van der Waals surface area contributed by atoms with Gasteiger partial charge in [0.1, 0.15) is 11.6 Å². The van der Waals surface area contributed by atoms with E-state index in [0.717, 1.165) is 16.7 Å². The van der Waals surface area contributed by atoms with E-state index in [9.17, 15) is 5.11 Å². The van der Waals surface area contributed by atoms with Gasteiger partial charge in [-0.2, -0.15) is 0 Å². The van der Waals surface area contributed by atoms with Gasteiger partial charge in [0.25, 0.3) is 0 Å². The van der Waals surface area contributed by atoms with Gasteiger partial charge < -0.3 is 5.11 Å². The molecule has 0 fully saturated rings. The van der Waals surface area contributed by atoms with Gasteiger partial charge >= 0.3 is 0 Å². The molecule has 2 heterocycles. The molecule has 0 atom stereocenters. The molecule has 66 heavy (non-hydrogen) atoms. The number of nitrogens with zero attached hydrogens (tertiary/aromatic N) is 3. The van der Waals surface area contributed by atoms with E-state index in [1.807, 2.05) is 106 Å². The molecular formula is C61H58N3OPt-. The second kappa shape index (κ2) is 17.8. The van der Waals surface area contributed by atoms with Gasteiger partial charge in [-0.1, -0.05) is 199 Å². The summed E-state index contributed by atoms with van der Waals surface area (Å²) in [5.74, 6) is -1.83. The van der Waals surface area contributed by atoms with Gasteiger partial charge in [0.2, 0.25) is 0 Å². The van der Waals surface area contributed by atoms with Crippen LogP contribution in [0.5, 0.6) is 5.75 Å². The van der Waals surface area contributed by atoms with Gasteiger partial charge in [-0.25, -0.2) is 4.98 Å². The van der Waals surface area contributed by atoms with Crippen molar-refractivity contribution in [3.05, 3.63) is 192 Å². The summed E-state index contributed by atoms with van der Waals surface area (Å²) in [5.41, 5.74) is -5.07. The second-order valence-corrected chi connectivity index (χ2v) is 17.3. The summed E-state index contributed by atoms with van der Waals surface area (Å²) in [4.78, 5) is 9.93. The predicted octanol–water partition coefficient (Wildman–Crippen LogP) is 16.1. The number of pyridine rings is 1. The van der Waals surface area contributed by atoms with E-state index in [2.05, 4.69) is 6.07 Å². The molecule has 0 bridgehead atoms. The number of aryl methyl sites for hydroxylation is 1. The first kappa shape index (κ1) is 26.7. The largest absolute Gasteiger partial charge is 0.507 e. The van der Waals surface area contributed by atoms with Crippen LogP contribution in [0.25, 0.3) is 83.9 Å². The molecule has 0 spiro atoms. The van der Waals surface area contributed by atoms with Crippen molar-refractivity contribution in [1.82, 2.24) is 14.5 Å². The summed E-state index contributed by atoms with van der Waals surface area (Å²) in [6, 6.07) is 47.4. The number of hydrogen-bond acceptors (Lipinski definition) is 3. The Balaban J connectivity index is 0.00000982. The Morgan fingerprint density at radius 3 is 1.85 bits per heavy atom. The average molecular weight is 1070 g/mol. The van der Waals surface area contributed by atoms with E-state index in [-0.39, 0.29) is 43.7 Å². The summed E-state index contributed by atoms with van der Waals surface area (Å²) in [6.07, 6.45) is 1.60. The fourth-order valence-electron chi connectivity index (χ4n) is 8.26. The van der Waals surface area contributed by atoms with Crippen molar-refractivity contribution >= 4 is 11.0 Å². The van der Waals surface area contributed by atoms with E-state index in [0.29, 0.717) is 56.4 Å². The van der Waals surface area contributed by atoms with Crippen LogP contribution in [0.2, 0.25) is 0 Å². The minimum Gasteiger partial charge on any atom is -0.507 e. The normalized spacial score (nSPS) is 18.1. The SMILES string of the molecule is [2H]C([2H])([2H])c1ccc(-c2ccnc(-c3[c-]c(-c4cccc5c4nc(-c4cc(C(C([2H])([2H])[2H])(C([2H])([2H])[2H])C([2H])([2H])[2H])cc(C(C([2H])([2H])[2H])(C([2H])([2H])[2H])C([2H])([2H])[2H])c4O)n5-c4ccc(-c5ccccc5)cc4C(C)(C)C)cc(-c4ccccc4)c3)c2)cc1.[Pt]. The molecule has 9 aromatic rings. The number of rotatable bonds is 7. The maximum Gasteiger partial charge on any atom is 0.148 e. The number of aromatic hydroxyl groups is 1. The van der Waals surface area contributed by atoms with E-state index in [1.165, 1.54) is 16.7 Å². The summed E-state index contributed by atoms with van der Waals surface area (Å²) in [6.45, 7) is -21.3. The van der Waals surface area contributed by atoms with Crippen molar-refractivity contribution in [3.8, 4) is 78.6 Å². The Morgan fingerprint density at radius 1 is 0.545 bits per heavy atom. The second-order valence-electron chi connectivity index (χ2n) is 17.3. The summed E-state index contributed by atoms with van der Waals surface area (Å²) >= 11 is 0. The van der Waals surface area contributed by atoms with Crippen molar-refractivity contribution in [2.75, 3.05) is 0 Å². The molecule has 5 heteroatoms. The van der Waals surface area contributed by atoms with Crippen LogP contribution in [-0.4, -0.2) is 19.6 Å². The molecule has 0 aliphatic carbocycles. The van der Waals surface area contributed by atoms with Gasteiger partial charge in [0.05, 0.1) is 22.3 Å². The van der Waals surface area contributed by atoms with Crippen molar-refractivity contribution in [2.45, 2.75) is 85.0 Å². The van der Waals surface area contributed by atoms with E-state index >= 15 is 0 Å². The number of benzene rings is 7. The van der Waals surface area contributed by atoms with Crippen LogP contribution in [-0.2, 0) is 37.3 Å². The molecule has 9 rings (SSSR count). The third-order valence-corrected chi connectivity index (χ3v) is 11.5. The van der Waals surface area contributed by atoms with Crippen LogP contribution < -0.4 is 0 Å². The summed E-state index contributed by atoms with van der Waals surface area (Å²) in [5, 5.41) is 13.1. The standard InChI is InChI=1S/C61H58N3O.Pt/c1-39-24-26-42(27-25-39)44-30-31-62-53(36-44)47-33-45(41-20-15-12-16-21-41)32-46(34-47)49-22-17-23-55-56(49)63-58(50-37-48(59(2,3)4)38-52(57(50)65)61(8,9)10)64(55)54-29-28-43(35-51(54)60(5,6)7)40-18-13-11-14-19-40;/h11-33,35-38,65H,1-10H3;/q-1;/i1D3,2D3,3D3,4D3,8D3,9D3,10D3;. The minimum atomic E-state index is -4.17. The van der Waals surface area contributed by atoms with Crippen LogP contribution in [0.3, 0.4) is 0 Å². The molecule has 0 amide bonds. The van der Waals surface area contributed by atoms with Crippen LogP contribution in [0.1, 0.15) is 113 Å². The molecule has 7 aromatic carbocycles. The molecular weight excluding hydrogens is 986 g/mol. The number of fused-ring (bicyclic) bond motifs is 1. The zero-order valence-corrected chi connectivity index (χ0v) is 38.5. The molecule has 0 aliphatic heterocycles. The van der Waals surface area contributed by atoms with Crippen LogP contribution in [0.4, 0.5) is 0 Å². The van der Waals surface area contributed by atoms with Crippen LogP contribution in [0, 0.1) is 12.9 Å². The van der Waals surface area contributed by atoms with Crippen molar-refractivity contribution in [3.63, 3.8) is 0 Å². The van der Waals surface area contributed by atoms with E-state index < -0.39 is 92.5 Å². The van der Waals surface area contributed by atoms with Crippen LogP contribution in [0.15, 0.2) is 164 Å². The molecule has 1 N–H and O–H groups in total. The third kappa shape index (κ3) is 9.09. The zero-order chi connectivity index (χ0) is 63.3. The van der Waals surface area contributed by atoms with Crippen LogP contribution >= 0.6 is 0 Å². The van der Waals surface area contributed by atoms with Gasteiger partial charge in [-0.05, 0) is 92.4 Å². The number of aromatic nitrogens is 3. The number of imidazole rings is 1. The Morgan fingerprint density at radius 2 is 1.18 bits per heavy atom. The summed E-state index contributed by atoms with van der Waals surface area (Å²) in [7, 11) is 0. The minimum absolute atomic E-state index is 0. The Bertz CT molecular complexity index is 3930. The fourth-order valence-corrected chi connectivity index (χ4v) is 8.26. The average Bonchev–Trinajstić information content (AvgIpc) is 1.12. The van der Waals surface area contributed by atoms with Gasteiger partial charge in [-0.3, -0.25) is 9.55 Å². The maximum atomic E-state index is 13.1. The Kier molecular flexibility index (Phi) is 7.20. The molecule has 2 aromatic heterocycles. The number of hydrogen-bond donors (Lipinski definition) is 1. The van der Waals surface area contributed by atoms with Gasteiger partial charge in [0, 0.05) is 67.3 Å². The molecule has 4 nitrogen and oxygen atoms in total. The van der Waals surface area contributed by atoms with E-state index in [4.69, 9.17) is 38.8 Å². The maximum absolute atomic E-state index is 13.1. The fraction of sp³-hybridized carbons (Fsp3) is 0.213. The third-order valence-electron chi connectivity index (χ3n) is 11.5. The first-order chi connectivity index (χ1) is 39.6. The van der Waals surface area contributed by atoms with Crippen molar-refractivity contribution < 1.29 is 55.0 Å². The number of phenolic OH excluding ortho intramolecular Hbond substituents is 1. The topological polar surface area (TPSA) is 50.9 Å². The molecule has 0 unspecified atom stereocenters. The van der Waals surface area contributed by atoms with Gasteiger partial charge in [-0.15, -0.1) is 23.8 Å². The molecule has 0 saturated heterocycles.